The van der Waals surface area contributed by atoms with E-state index in [9.17, 15) is 18.4 Å². The molecule has 1 aliphatic carbocycles. The molecule has 0 spiro atoms. The first kappa shape index (κ1) is 27.0. The van der Waals surface area contributed by atoms with Crippen molar-refractivity contribution in [1.29, 1.82) is 0 Å². The first-order valence-corrected chi connectivity index (χ1v) is 13.4. The Morgan fingerprint density at radius 2 is 1.76 bits per heavy atom. The third-order valence-corrected chi connectivity index (χ3v) is 6.94. The van der Waals surface area contributed by atoms with Gasteiger partial charge in [0.15, 0.2) is 11.6 Å². The smallest absolute Gasteiger partial charge is 0.254 e. The second-order valence-electron chi connectivity index (χ2n) is 10.2. The van der Waals surface area contributed by atoms with E-state index in [4.69, 9.17) is 4.74 Å². The van der Waals surface area contributed by atoms with Crippen LogP contribution in [0.3, 0.4) is 0 Å². The molecule has 2 aliphatic heterocycles. The van der Waals surface area contributed by atoms with Gasteiger partial charge >= 0.3 is 0 Å². The Morgan fingerprint density at radius 1 is 1.03 bits per heavy atom. The van der Waals surface area contributed by atoms with Gasteiger partial charge in [-0.1, -0.05) is 26.3 Å². The molecule has 0 unspecified atom stereocenters. The van der Waals surface area contributed by atoms with Gasteiger partial charge in [-0.25, -0.2) is 8.78 Å². The SMILES string of the molecule is CCC.O=C(CN1CCc2ccc(Oc3ccc(F)cc3F)cc2C1=O)N1CCC(NCC2CC2)CC1. The van der Waals surface area contributed by atoms with Gasteiger partial charge in [-0.2, -0.15) is 0 Å². The molecule has 1 saturated carbocycles. The number of ether oxygens (including phenoxy) is 1. The van der Waals surface area contributed by atoms with Crippen molar-refractivity contribution in [3.05, 3.63) is 59.2 Å². The largest absolute Gasteiger partial charge is 0.454 e. The number of carbonyl (C=O) groups excluding carboxylic acids is 2. The van der Waals surface area contributed by atoms with Crippen LogP contribution < -0.4 is 10.1 Å². The second-order valence-corrected chi connectivity index (χ2v) is 10.2. The molecule has 5 rings (SSSR count). The van der Waals surface area contributed by atoms with Crippen LogP contribution in [-0.2, 0) is 11.2 Å². The molecule has 2 aromatic rings. The predicted octanol–water partition coefficient (Wildman–Crippen LogP) is 5.16. The zero-order valence-electron chi connectivity index (χ0n) is 21.8. The molecule has 200 valence electrons. The van der Waals surface area contributed by atoms with Gasteiger partial charge in [-0.05, 0) is 74.4 Å². The van der Waals surface area contributed by atoms with E-state index in [0.29, 0.717) is 37.7 Å². The predicted molar refractivity (Wildman–Crippen MR) is 139 cm³/mol. The topological polar surface area (TPSA) is 61.9 Å². The Hall–Kier alpha value is -3.00. The summed E-state index contributed by atoms with van der Waals surface area (Å²) < 4.78 is 32.6. The van der Waals surface area contributed by atoms with E-state index in [0.717, 1.165) is 43.0 Å². The van der Waals surface area contributed by atoms with Crippen LogP contribution in [0.2, 0.25) is 0 Å². The number of likely N-dealkylation sites (tertiary alicyclic amines) is 1. The molecule has 1 N–H and O–H groups in total. The first-order chi connectivity index (χ1) is 17.9. The molecular weight excluding hydrogens is 476 g/mol. The average molecular weight is 514 g/mol. The number of hydrogen-bond acceptors (Lipinski definition) is 4. The van der Waals surface area contributed by atoms with Gasteiger partial charge in [0.05, 0.1) is 0 Å². The van der Waals surface area contributed by atoms with Crippen molar-refractivity contribution in [2.45, 2.75) is 58.4 Å². The minimum absolute atomic E-state index is 0.0294. The third kappa shape index (κ3) is 7.28. The van der Waals surface area contributed by atoms with Gasteiger partial charge < -0.3 is 19.9 Å². The summed E-state index contributed by atoms with van der Waals surface area (Å²) in [5.74, 6) is -0.766. The fourth-order valence-corrected chi connectivity index (χ4v) is 4.65. The zero-order valence-corrected chi connectivity index (χ0v) is 21.8. The van der Waals surface area contributed by atoms with E-state index in [2.05, 4.69) is 19.2 Å². The lowest BCUT2D eigenvalue weighted by atomic mass is 9.98. The molecule has 0 radical (unpaired) electrons. The van der Waals surface area contributed by atoms with Gasteiger partial charge in [0, 0.05) is 37.3 Å². The molecule has 0 aromatic heterocycles. The number of benzene rings is 2. The average Bonchev–Trinajstić information content (AvgIpc) is 3.72. The summed E-state index contributed by atoms with van der Waals surface area (Å²) in [5, 5.41) is 3.61. The Kier molecular flexibility index (Phi) is 9.14. The normalized spacial score (nSPS) is 17.7. The van der Waals surface area contributed by atoms with Crippen LogP contribution in [0.15, 0.2) is 36.4 Å². The van der Waals surface area contributed by atoms with Crippen LogP contribution in [0.25, 0.3) is 0 Å². The van der Waals surface area contributed by atoms with Crippen molar-refractivity contribution >= 4 is 11.8 Å². The summed E-state index contributed by atoms with van der Waals surface area (Å²) in [4.78, 5) is 29.4. The van der Waals surface area contributed by atoms with E-state index < -0.39 is 11.6 Å². The molecule has 0 atom stereocenters. The van der Waals surface area contributed by atoms with Crippen molar-refractivity contribution in [2.75, 3.05) is 32.7 Å². The van der Waals surface area contributed by atoms with Crippen molar-refractivity contribution < 1.29 is 23.1 Å². The number of hydrogen-bond donors (Lipinski definition) is 1. The summed E-state index contributed by atoms with van der Waals surface area (Å²) in [6.07, 6.45) is 6.42. The number of halogens is 2. The standard InChI is InChI=1S/C26H29F2N3O3.C3H8/c27-19-4-6-24(23(28)13-19)34-21-5-3-18-7-10-31(26(33)22(18)14-21)16-25(32)30-11-8-20(9-12-30)29-15-17-1-2-17;1-3-2/h3-6,13-14,17,20,29H,1-2,7-12,15-16H2;3H2,1-2H3. The summed E-state index contributed by atoms with van der Waals surface area (Å²) in [6.45, 7) is 7.28. The van der Waals surface area contributed by atoms with Crippen LogP contribution in [0.4, 0.5) is 8.78 Å². The highest BCUT2D eigenvalue weighted by molar-refractivity contribution is 5.99. The number of nitrogens with one attached hydrogen (secondary N) is 1. The van der Waals surface area contributed by atoms with E-state index in [1.54, 1.807) is 23.1 Å². The van der Waals surface area contributed by atoms with E-state index >= 15 is 0 Å². The summed E-state index contributed by atoms with van der Waals surface area (Å²) >= 11 is 0. The zero-order chi connectivity index (χ0) is 26.4. The van der Waals surface area contributed by atoms with E-state index in [1.807, 2.05) is 4.90 Å². The monoisotopic (exact) mass is 513 g/mol. The molecule has 2 heterocycles. The van der Waals surface area contributed by atoms with Crippen LogP contribution in [-0.4, -0.2) is 60.4 Å². The molecule has 6 nitrogen and oxygen atoms in total. The molecule has 2 amide bonds. The maximum Gasteiger partial charge on any atom is 0.254 e. The van der Waals surface area contributed by atoms with Crippen molar-refractivity contribution in [3.8, 4) is 11.5 Å². The lowest BCUT2D eigenvalue weighted by Gasteiger charge is -2.35. The maximum atomic E-state index is 14.0. The van der Waals surface area contributed by atoms with Crippen molar-refractivity contribution in [1.82, 2.24) is 15.1 Å². The van der Waals surface area contributed by atoms with Crippen LogP contribution in [0.5, 0.6) is 11.5 Å². The molecular formula is C29H37F2N3O3. The number of carbonyl (C=O) groups is 2. The van der Waals surface area contributed by atoms with Gasteiger partial charge in [0.1, 0.15) is 18.1 Å². The number of rotatable bonds is 7. The molecule has 3 aliphatic rings. The minimum atomic E-state index is -0.817. The van der Waals surface area contributed by atoms with E-state index in [1.165, 1.54) is 25.3 Å². The van der Waals surface area contributed by atoms with Crippen molar-refractivity contribution in [3.63, 3.8) is 0 Å². The number of amides is 2. The third-order valence-electron chi connectivity index (χ3n) is 6.94. The van der Waals surface area contributed by atoms with Crippen LogP contribution in [0.1, 0.15) is 61.9 Å². The number of nitrogens with zero attached hydrogens (tertiary/aromatic N) is 2. The summed E-state index contributed by atoms with van der Waals surface area (Å²) in [5.41, 5.74) is 1.31. The minimum Gasteiger partial charge on any atom is -0.454 e. The van der Waals surface area contributed by atoms with E-state index in [-0.39, 0.29) is 29.9 Å². The Morgan fingerprint density at radius 3 is 2.43 bits per heavy atom. The maximum absolute atomic E-state index is 14.0. The molecule has 1 saturated heterocycles. The number of fused-ring (bicyclic) bond motifs is 1. The van der Waals surface area contributed by atoms with Gasteiger partial charge in [-0.15, -0.1) is 0 Å². The molecule has 0 bridgehead atoms. The molecule has 2 aromatic carbocycles. The molecule has 2 fully saturated rings. The first-order valence-electron chi connectivity index (χ1n) is 13.4. The highest BCUT2D eigenvalue weighted by Gasteiger charge is 2.30. The highest BCUT2D eigenvalue weighted by Crippen LogP contribution is 2.30. The van der Waals surface area contributed by atoms with Gasteiger partial charge in [0.25, 0.3) is 5.91 Å². The summed E-state index contributed by atoms with van der Waals surface area (Å²) in [7, 11) is 0. The summed E-state index contributed by atoms with van der Waals surface area (Å²) in [6, 6.07) is 8.55. The fourth-order valence-electron chi connectivity index (χ4n) is 4.65. The van der Waals surface area contributed by atoms with Crippen LogP contribution >= 0.6 is 0 Å². The lowest BCUT2D eigenvalue weighted by Crippen LogP contribution is -2.50. The highest BCUT2D eigenvalue weighted by atomic mass is 19.1. The number of piperidine rings is 1. The Bertz CT molecular complexity index is 1100. The Balaban J connectivity index is 0.00000102. The fraction of sp³-hybridized carbons (Fsp3) is 0.517. The second kappa shape index (κ2) is 12.5. The van der Waals surface area contributed by atoms with Crippen LogP contribution in [0, 0.1) is 17.6 Å². The quantitative estimate of drug-likeness (QED) is 0.556. The Labute approximate surface area is 218 Å². The van der Waals surface area contributed by atoms with Gasteiger partial charge in [-0.3, -0.25) is 9.59 Å². The molecule has 37 heavy (non-hydrogen) atoms. The molecule has 8 heteroatoms. The van der Waals surface area contributed by atoms with Crippen molar-refractivity contribution in [2.24, 2.45) is 5.92 Å². The van der Waals surface area contributed by atoms with Gasteiger partial charge in [0.2, 0.25) is 5.91 Å². The lowest BCUT2D eigenvalue weighted by molar-refractivity contribution is -0.133.